The van der Waals surface area contributed by atoms with Crippen molar-refractivity contribution in [3.05, 3.63) is 70.6 Å². The molecule has 3 rings (SSSR count). The van der Waals surface area contributed by atoms with Crippen molar-refractivity contribution in [3.63, 3.8) is 0 Å². The highest BCUT2D eigenvalue weighted by molar-refractivity contribution is 6.31. The molecular formula is C21H21ClN4O2. The van der Waals surface area contributed by atoms with E-state index in [1.807, 2.05) is 44.2 Å². The van der Waals surface area contributed by atoms with E-state index in [9.17, 15) is 4.79 Å². The molecule has 0 aliphatic carbocycles. The van der Waals surface area contributed by atoms with Crippen LogP contribution in [0.5, 0.6) is 5.75 Å². The zero-order chi connectivity index (χ0) is 20.1. The third-order valence-corrected chi connectivity index (χ3v) is 4.35. The molecule has 0 saturated carbocycles. The third-order valence-electron chi connectivity index (χ3n) is 3.94. The number of amides is 1. The van der Waals surface area contributed by atoms with Crippen molar-refractivity contribution in [1.29, 1.82) is 0 Å². The number of nitrogens with zero attached hydrogens (tertiary/aromatic N) is 2. The van der Waals surface area contributed by atoms with E-state index in [0.717, 1.165) is 17.0 Å². The normalized spacial score (nSPS) is 10.4. The first kappa shape index (κ1) is 19.6. The van der Waals surface area contributed by atoms with Crippen LogP contribution in [-0.4, -0.2) is 22.5 Å². The van der Waals surface area contributed by atoms with Gasteiger partial charge in [-0.15, -0.1) is 0 Å². The van der Waals surface area contributed by atoms with Crippen LogP contribution in [-0.2, 0) is 0 Å². The fourth-order valence-electron chi connectivity index (χ4n) is 2.56. The van der Waals surface area contributed by atoms with E-state index in [1.54, 1.807) is 25.1 Å². The molecule has 0 radical (unpaired) electrons. The van der Waals surface area contributed by atoms with Crippen LogP contribution in [0.4, 0.5) is 17.2 Å². The topological polar surface area (TPSA) is 76.1 Å². The van der Waals surface area contributed by atoms with Crippen molar-refractivity contribution >= 4 is 34.7 Å². The van der Waals surface area contributed by atoms with Gasteiger partial charge in [-0.1, -0.05) is 17.7 Å². The fraction of sp³-hybridized carbons (Fsp3) is 0.190. The number of hydrogen-bond acceptors (Lipinski definition) is 5. The Labute approximate surface area is 168 Å². The van der Waals surface area contributed by atoms with Crippen LogP contribution in [0, 0.1) is 13.8 Å². The van der Waals surface area contributed by atoms with E-state index in [0.29, 0.717) is 29.0 Å². The largest absolute Gasteiger partial charge is 0.494 e. The van der Waals surface area contributed by atoms with Crippen molar-refractivity contribution in [1.82, 2.24) is 9.97 Å². The Morgan fingerprint density at radius 2 is 1.75 bits per heavy atom. The molecule has 2 N–H and O–H groups in total. The van der Waals surface area contributed by atoms with Gasteiger partial charge in [0.1, 0.15) is 23.1 Å². The summed E-state index contributed by atoms with van der Waals surface area (Å²) in [5.74, 6) is 1.48. The highest BCUT2D eigenvalue weighted by atomic mass is 35.5. The van der Waals surface area contributed by atoms with Gasteiger partial charge in [0, 0.05) is 22.5 Å². The number of carbonyl (C=O) groups is 1. The van der Waals surface area contributed by atoms with Crippen LogP contribution in [0.3, 0.4) is 0 Å². The molecule has 144 valence electrons. The molecule has 0 aliphatic rings. The highest BCUT2D eigenvalue weighted by Crippen LogP contribution is 2.22. The molecule has 0 bridgehead atoms. The molecule has 0 unspecified atom stereocenters. The lowest BCUT2D eigenvalue weighted by molar-refractivity contribution is 0.102. The Hall–Kier alpha value is -3.12. The van der Waals surface area contributed by atoms with E-state index in [-0.39, 0.29) is 11.6 Å². The van der Waals surface area contributed by atoms with Crippen molar-refractivity contribution in [2.24, 2.45) is 0 Å². The van der Waals surface area contributed by atoms with Gasteiger partial charge in [-0.2, -0.15) is 0 Å². The Morgan fingerprint density at radius 1 is 1.04 bits per heavy atom. The molecule has 1 aromatic heterocycles. The van der Waals surface area contributed by atoms with Gasteiger partial charge in [0.15, 0.2) is 0 Å². The quantitative estimate of drug-likeness (QED) is 0.603. The number of aryl methyl sites for hydroxylation is 2. The Bertz CT molecular complexity index is 990. The average Bonchev–Trinajstić information content (AvgIpc) is 2.66. The molecule has 6 nitrogen and oxygen atoms in total. The van der Waals surface area contributed by atoms with E-state index in [2.05, 4.69) is 20.6 Å². The Morgan fingerprint density at radius 3 is 2.43 bits per heavy atom. The molecule has 28 heavy (non-hydrogen) atoms. The lowest BCUT2D eigenvalue weighted by Gasteiger charge is -2.10. The molecule has 0 spiro atoms. The van der Waals surface area contributed by atoms with Crippen LogP contribution >= 0.6 is 11.6 Å². The number of rotatable bonds is 6. The Balaban J connectivity index is 1.76. The molecule has 7 heteroatoms. The first-order chi connectivity index (χ1) is 13.4. The Kier molecular flexibility index (Phi) is 6.11. The van der Waals surface area contributed by atoms with Crippen molar-refractivity contribution < 1.29 is 9.53 Å². The maximum atomic E-state index is 12.6. The monoisotopic (exact) mass is 396 g/mol. The smallest absolute Gasteiger partial charge is 0.274 e. The van der Waals surface area contributed by atoms with Gasteiger partial charge < -0.3 is 15.4 Å². The number of aromatic nitrogens is 2. The summed E-state index contributed by atoms with van der Waals surface area (Å²) in [5.41, 5.74) is 2.65. The summed E-state index contributed by atoms with van der Waals surface area (Å²) in [4.78, 5) is 21.2. The molecule has 0 saturated heterocycles. The minimum absolute atomic E-state index is 0.262. The summed E-state index contributed by atoms with van der Waals surface area (Å²) in [5, 5.41) is 6.58. The van der Waals surface area contributed by atoms with Gasteiger partial charge in [-0.05, 0) is 62.7 Å². The number of halogens is 1. The van der Waals surface area contributed by atoms with E-state index in [4.69, 9.17) is 16.3 Å². The van der Waals surface area contributed by atoms with Crippen molar-refractivity contribution in [3.8, 4) is 5.75 Å². The molecule has 0 atom stereocenters. The molecular weight excluding hydrogens is 376 g/mol. The standard InChI is InChI=1S/C21H21ClN4O2/c1-4-28-17-9-7-15(8-10-17)25-20-12-19(23-14(3)24-20)21(27)26-16-6-5-13(2)18(22)11-16/h5-12H,4H2,1-3H3,(H,26,27)(H,23,24,25). The molecule has 0 aliphatic heterocycles. The second kappa shape index (κ2) is 8.71. The third kappa shape index (κ3) is 4.98. The van der Waals surface area contributed by atoms with Crippen molar-refractivity contribution in [2.75, 3.05) is 17.2 Å². The van der Waals surface area contributed by atoms with Crippen LogP contribution in [0.1, 0.15) is 28.8 Å². The van der Waals surface area contributed by atoms with Gasteiger partial charge in [0.2, 0.25) is 0 Å². The summed E-state index contributed by atoms with van der Waals surface area (Å²) in [7, 11) is 0. The minimum atomic E-state index is -0.333. The molecule has 3 aromatic rings. The SMILES string of the molecule is CCOc1ccc(Nc2cc(C(=O)Nc3ccc(C)c(Cl)c3)nc(C)n2)cc1. The lowest BCUT2D eigenvalue weighted by atomic mass is 10.2. The number of nitrogens with one attached hydrogen (secondary N) is 2. The molecule has 1 amide bonds. The minimum Gasteiger partial charge on any atom is -0.494 e. The maximum Gasteiger partial charge on any atom is 0.274 e. The fourth-order valence-corrected chi connectivity index (χ4v) is 2.74. The van der Waals surface area contributed by atoms with Crippen LogP contribution < -0.4 is 15.4 Å². The highest BCUT2D eigenvalue weighted by Gasteiger charge is 2.12. The van der Waals surface area contributed by atoms with Crippen LogP contribution in [0.2, 0.25) is 5.02 Å². The summed E-state index contributed by atoms with van der Waals surface area (Å²) in [6.45, 7) is 6.19. The summed E-state index contributed by atoms with van der Waals surface area (Å²) >= 11 is 6.12. The first-order valence-electron chi connectivity index (χ1n) is 8.87. The number of ether oxygens (including phenoxy) is 1. The lowest BCUT2D eigenvalue weighted by Crippen LogP contribution is -2.15. The maximum absolute atomic E-state index is 12.6. The second-order valence-electron chi connectivity index (χ2n) is 6.19. The zero-order valence-corrected chi connectivity index (χ0v) is 16.7. The van der Waals surface area contributed by atoms with E-state index >= 15 is 0 Å². The number of carbonyl (C=O) groups excluding carboxylic acids is 1. The predicted octanol–water partition coefficient (Wildman–Crippen LogP) is 5.14. The van der Waals surface area contributed by atoms with Crippen LogP contribution in [0.15, 0.2) is 48.5 Å². The van der Waals surface area contributed by atoms with Gasteiger partial charge in [-0.25, -0.2) is 9.97 Å². The zero-order valence-electron chi connectivity index (χ0n) is 15.9. The summed E-state index contributed by atoms with van der Waals surface area (Å²) in [6.07, 6.45) is 0. The van der Waals surface area contributed by atoms with Gasteiger partial charge >= 0.3 is 0 Å². The number of anilines is 3. The van der Waals surface area contributed by atoms with Gasteiger partial charge in [0.05, 0.1) is 6.61 Å². The second-order valence-corrected chi connectivity index (χ2v) is 6.59. The van der Waals surface area contributed by atoms with Gasteiger partial charge in [-0.3, -0.25) is 4.79 Å². The first-order valence-corrected chi connectivity index (χ1v) is 9.25. The molecule has 1 heterocycles. The van der Waals surface area contributed by atoms with E-state index in [1.165, 1.54) is 0 Å². The molecule has 2 aromatic carbocycles. The van der Waals surface area contributed by atoms with Gasteiger partial charge in [0.25, 0.3) is 5.91 Å². The summed E-state index contributed by atoms with van der Waals surface area (Å²) in [6, 6.07) is 14.5. The molecule has 0 fully saturated rings. The van der Waals surface area contributed by atoms with E-state index < -0.39 is 0 Å². The predicted molar refractivity (Wildman–Crippen MR) is 112 cm³/mol. The number of hydrogen-bond donors (Lipinski definition) is 2. The average molecular weight is 397 g/mol. The number of benzene rings is 2. The van der Waals surface area contributed by atoms with Crippen molar-refractivity contribution in [2.45, 2.75) is 20.8 Å². The summed E-state index contributed by atoms with van der Waals surface area (Å²) < 4.78 is 5.44. The van der Waals surface area contributed by atoms with Crippen LogP contribution in [0.25, 0.3) is 0 Å².